The fourth-order valence-corrected chi connectivity index (χ4v) is 2.68. The number of nitrogens with zero attached hydrogens (tertiary/aromatic N) is 1. The van der Waals surface area contributed by atoms with Gasteiger partial charge in [-0.1, -0.05) is 6.42 Å². The Kier molecular flexibility index (Phi) is 3.50. The predicted octanol–water partition coefficient (Wildman–Crippen LogP) is 0.489. The van der Waals surface area contributed by atoms with Crippen LogP contribution in [0.25, 0.3) is 0 Å². The lowest BCUT2D eigenvalue weighted by molar-refractivity contribution is -0.137. The minimum absolute atomic E-state index is 0.104. The molecule has 1 aliphatic heterocycles. The Bertz CT molecular complexity index is 250. The van der Waals surface area contributed by atoms with Crippen molar-refractivity contribution >= 4 is 5.91 Å². The van der Waals surface area contributed by atoms with E-state index >= 15 is 0 Å². The van der Waals surface area contributed by atoms with E-state index in [9.17, 15) is 9.90 Å². The number of piperidine rings is 1. The van der Waals surface area contributed by atoms with Gasteiger partial charge in [0.25, 0.3) is 0 Å². The first-order valence-electron chi connectivity index (χ1n) is 6.31. The molecule has 2 aliphatic rings. The number of rotatable bonds is 3. The number of aliphatic hydroxyl groups is 1. The van der Waals surface area contributed by atoms with Crippen LogP contribution < -0.4 is 5.73 Å². The van der Waals surface area contributed by atoms with E-state index in [-0.39, 0.29) is 17.4 Å². The van der Waals surface area contributed by atoms with E-state index in [1.807, 2.05) is 4.90 Å². The molecule has 1 saturated heterocycles. The summed E-state index contributed by atoms with van der Waals surface area (Å²) in [6.45, 7) is 2.05. The van der Waals surface area contributed by atoms with Crippen LogP contribution in [0.15, 0.2) is 0 Å². The smallest absolute Gasteiger partial charge is 0.223 e. The molecule has 0 aromatic rings. The van der Waals surface area contributed by atoms with E-state index < -0.39 is 0 Å². The van der Waals surface area contributed by atoms with Crippen molar-refractivity contribution in [3.05, 3.63) is 0 Å². The zero-order valence-corrected chi connectivity index (χ0v) is 9.82. The van der Waals surface area contributed by atoms with Gasteiger partial charge in [0, 0.05) is 19.5 Å². The second-order valence-corrected chi connectivity index (χ2v) is 5.35. The monoisotopic (exact) mass is 226 g/mol. The normalized spacial score (nSPS) is 25.2. The topological polar surface area (TPSA) is 66.6 Å². The molecule has 0 bridgehead atoms. The first-order valence-corrected chi connectivity index (χ1v) is 6.31. The number of likely N-dealkylation sites (tertiary alicyclic amines) is 1. The van der Waals surface area contributed by atoms with Crippen LogP contribution in [0.3, 0.4) is 0 Å². The molecule has 3 N–H and O–H groups in total. The maximum absolute atomic E-state index is 12.1. The Balaban J connectivity index is 1.83. The summed E-state index contributed by atoms with van der Waals surface area (Å²) < 4.78 is 0. The summed E-state index contributed by atoms with van der Waals surface area (Å²) >= 11 is 0. The number of amides is 1. The van der Waals surface area contributed by atoms with E-state index in [1.165, 1.54) is 6.42 Å². The maximum Gasteiger partial charge on any atom is 0.223 e. The molecule has 0 spiro atoms. The Morgan fingerprint density at radius 3 is 2.44 bits per heavy atom. The Labute approximate surface area is 96.8 Å². The van der Waals surface area contributed by atoms with Gasteiger partial charge in [0.2, 0.25) is 5.91 Å². The number of hydrogen-bond donors (Lipinski definition) is 2. The van der Waals surface area contributed by atoms with Gasteiger partial charge in [-0.15, -0.1) is 0 Å². The first kappa shape index (κ1) is 11.9. The summed E-state index contributed by atoms with van der Waals surface area (Å²) in [6, 6.07) is 0. The highest BCUT2D eigenvalue weighted by atomic mass is 16.3. The van der Waals surface area contributed by atoms with E-state index in [2.05, 4.69) is 0 Å². The summed E-state index contributed by atoms with van der Waals surface area (Å²) in [7, 11) is 0. The molecule has 1 saturated carbocycles. The van der Waals surface area contributed by atoms with E-state index in [4.69, 9.17) is 5.73 Å². The molecule has 4 nitrogen and oxygen atoms in total. The van der Waals surface area contributed by atoms with Gasteiger partial charge >= 0.3 is 0 Å². The highest BCUT2D eigenvalue weighted by Gasteiger charge is 2.38. The molecule has 0 unspecified atom stereocenters. The van der Waals surface area contributed by atoms with Crippen LogP contribution in [0.1, 0.15) is 38.5 Å². The summed E-state index contributed by atoms with van der Waals surface area (Å²) in [5.41, 5.74) is 5.86. The number of carbonyl (C=O) groups excluding carboxylic acids is 1. The van der Waals surface area contributed by atoms with Crippen molar-refractivity contribution < 1.29 is 9.90 Å². The third kappa shape index (κ3) is 2.38. The fraction of sp³-hybridized carbons (Fsp3) is 0.917. The van der Waals surface area contributed by atoms with Crippen molar-refractivity contribution in [2.75, 3.05) is 19.6 Å². The second-order valence-electron chi connectivity index (χ2n) is 5.35. The van der Waals surface area contributed by atoms with Crippen LogP contribution >= 0.6 is 0 Å². The average Bonchev–Trinajstić information content (AvgIpc) is 2.24. The third-order valence-electron chi connectivity index (χ3n) is 4.19. The molecule has 2 rings (SSSR count). The average molecular weight is 226 g/mol. The van der Waals surface area contributed by atoms with E-state index in [1.54, 1.807) is 0 Å². The molecule has 1 amide bonds. The van der Waals surface area contributed by atoms with Crippen LogP contribution in [-0.4, -0.2) is 41.7 Å². The molecular formula is C12H22N2O2. The Hall–Kier alpha value is -0.610. The minimum atomic E-state index is -0.212. The zero-order chi connectivity index (χ0) is 11.6. The van der Waals surface area contributed by atoms with Crippen molar-refractivity contribution in [2.24, 2.45) is 11.1 Å². The standard InChI is InChI=1S/C12H22N2O2/c13-9-12(4-1-5-12)8-11(16)14-6-2-10(15)3-7-14/h10,15H,1-9,13H2. The van der Waals surface area contributed by atoms with Gasteiger partial charge in [-0.25, -0.2) is 0 Å². The molecule has 0 radical (unpaired) electrons. The maximum atomic E-state index is 12.1. The van der Waals surface area contributed by atoms with Gasteiger partial charge in [-0.05, 0) is 37.6 Å². The van der Waals surface area contributed by atoms with Gasteiger partial charge in [-0.3, -0.25) is 4.79 Å². The molecule has 1 aliphatic carbocycles. The lowest BCUT2D eigenvalue weighted by atomic mass is 9.66. The van der Waals surface area contributed by atoms with E-state index in [0.717, 1.165) is 25.7 Å². The van der Waals surface area contributed by atoms with Crippen molar-refractivity contribution in [3.8, 4) is 0 Å². The van der Waals surface area contributed by atoms with Crippen molar-refractivity contribution in [1.29, 1.82) is 0 Å². The SMILES string of the molecule is NCC1(CC(=O)N2CCC(O)CC2)CCC1. The molecule has 0 atom stereocenters. The van der Waals surface area contributed by atoms with E-state index in [0.29, 0.717) is 26.1 Å². The van der Waals surface area contributed by atoms with Crippen molar-refractivity contribution in [3.63, 3.8) is 0 Å². The summed E-state index contributed by atoms with van der Waals surface area (Å²) in [5.74, 6) is 0.233. The largest absolute Gasteiger partial charge is 0.393 e. The van der Waals surface area contributed by atoms with Gasteiger partial charge < -0.3 is 15.7 Å². The van der Waals surface area contributed by atoms with Crippen LogP contribution in [0.2, 0.25) is 0 Å². The van der Waals surface area contributed by atoms with Crippen LogP contribution in [0, 0.1) is 5.41 Å². The molecule has 0 aromatic heterocycles. The van der Waals surface area contributed by atoms with Gasteiger partial charge in [0.1, 0.15) is 0 Å². The first-order chi connectivity index (χ1) is 7.65. The molecule has 0 aromatic carbocycles. The summed E-state index contributed by atoms with van der Waals surface area (Å²) in [6.07, 6.45) is 5.26. The molecular weight excluding hydrogens is 204 g/mol. The van der Waals surface area contributed by atoms with Gasteiger partial charge in [0.15, 0.2) is 0 Å². The lowest BCUT2D eigenvalue weighted by Crippen LogP contribution is -2.46. The molecule has 4 heteroatoms. The number of nitrogens with two attached hydrogens (primary N) is 1. The molecule has 92 valence electrons. The lowest BCUT2D eigenvalue weighted by Gasteiger charge is -2.42. The predicted molar refractivity (Wildman–Crippen MR) is 61.8 cm³/mol. The summed E-state index contributed by atoms with van der Waals surface area (Å²) in [4.78, 5) is 14.0. The molecule has 16 heavy (non-hydrogen) atoms. The number of carbonyl (C=O) groups is 1. The third-order valence-corrected chi connectivity index (χ3v) is 4.19. The quantitative estimate of drug-likeness (QED) is 0.736. The fourth-order valence-electron chi connectivity index (χ4n) is 2.68. The van der Waals surface area contributed by atoms with Gasteiger partial charge in [-0.2, -0.15) is 0 Å². The van der Waals surface area contributed by atoms with Crippen molar-refractivity contribution in [1.82, 2.24) is 4.90 Å². The Morgan fingerprint density at radius 1 is 1.38 bits per heavy atom. The van der Waals surface area contributed by atoms with Crippen LogP contribution in [0.5, 0.6) is 0 Å². The Morgan fingerprint density at radius 2 is 2.00 bits per heavy atom. The highest BCUT2D eigenvalue weighted by Crippen LogP contribution is 2.43. The minimum Gasteiger partial charge on any atom is -0.393 e. The molecule has 1 heterocycles. The second kappa shape index (κ2) is 4.72. The van der Waals surface area contributed by atoms with Crippen LogP contribution in [-0.2, 0) is 4.79 Å². The molecule has 2 fully saturated rings. The van der Waals surface area contributed by atoms with Crippen molar-refractivity contribution in [2.45, 2.75) is 44.6 Å². The van der Waals surface area contributed by atoms with Crippen LogP contribution in [0.4, 0.5) is 0 Å². The van der Waals surface area contributed by atoms with Gasteiger partial charge in [0.05, 0.1) is 6.10 Å². The number of aliphatic hydroxyl groups excluding tert-OH is 1. The zero-order valence-electron chi connectivity index (χ0n) is 9.82. The number of hydrogen-bond acceptors (Lipinski definition) is 3. The summed E-state index contributed by atoms with van der Waals surface area (Å²) in [5, 5.41) is 9.39. The highest BCUT2D eigenvalue weighted by molar-refractivity contribution is 5.77.